The number of likely N-dealkylation sites (N-methyl/N-ethyl adjacent to an activating group) is 1. The fourth-order valence-corrected chi connectivity index (χ4v) is 4.33. The summed E-state index contributed by atoms with van der Waals surface area (Å²) in [6.45, 7) is 11.7. The zero-order chi connectivity index (χ0) is 21.0. The molecule has 0 fully saturated rings. The van der Waals surface area contributed by atoms with E-state index in [4.69, 9.17) is 9.72 Å². The van der Waals surface area contributed by atoms with E-state index in [1.54, 1.807) is 16.7 Å². The van der Waals surface area contributed by atoms with E-state index >= 15 is 0 Å². The quantitative estimate of drug-likeness (QED) is 0.535. The van der Waals surface area contributed by atoms with Gasteiger partial charge in [0.25, 0.3) is 5.91 Å². The lowest BCUT2D eigenvalue weighted by atomic mass is 10.3. The molecule has 3 aromatic rings. The first kappa shape index (κ1) is 21.3. The molecular formula is C21H29N5O2S. The number of carbonyl (C=O) groups excluding carboxylic acids is 1. The Morgan fingerprint density at radius 2 is 1.93 bits per heavy atom. The number of aryl methyl sites for hydroxylation is 2. The number of fused-ring (bicyclic) bond motifs is 1. The molecule has 0 aliphatic carbocycles. The lowest BCUT2D eigenvalue weighted by Gasteiger charge is -2.24. The Hall–Kier alpha value is -2.45. The minimum atomic E-state index is -0.00521. The number of ether oxygens (including phenoxy) is 1. The summed E-state index contributed by atoms with van der Waals surface area (Å²) in [5, 5.41) is 5.16. The van der Waals surface area contributed by atoms with Gasteiger partial charge in [-0.15, -0.1) is 0 Å². The van der Waals surface area contributed by atoms with Gasteiger partial charge in [-0.3, -0.25) is 14.4 Å². The Kier molecular flexibility index (Phi) is 6.87. The molecule has 8 heteroatoms. The van der Waals surface area contributed by atoms with Crippen LogP contribution in [0.15, 0.2) is 24.3 Å². The first-order valence-electron chi connectivity index (χ1n) is 9.93. The molecule has 0 N–H and O–H groups in total. The second-order valence-corrected chi connectivity index (χ2v) is 8.00. The van der Waals surface area contributed by atoms with Gasteiger partial charge >= 0.3 is 0 Å². The van der Waals surface area contributed by atoms with E-state index in [1.807, 2.05) is 38.1 Å². The number of anilines is 1. The maximum atomic E-state index is 13.3. The van der Waals surface area contributed by atoms with Crippen molar-refractivity contribution >= 4 is 32.6 Å². The first-order chi connectivity index (χ1) is 13.9. The van der Waals surface area contributed by atoms with Crippen LogP contribution in [0.1, 0.15) is 25.2 Å². The van der Waals surface area contributed by atoms with Gasteiger partial charge in [-0.2, -0.15) is 5.10 Å². The molecule has 0 saturated carbocycles. The Morgan fingerprint density at radius 1 is 1.17 bits per heavy atom. The number of thiazole rings is 1. The summed E-state index contributed by atoms with van der Waals surface area (Å²) in [6.07, 6.45) is 0. The van der Waals surface area contributed by atoms with E-state index in [0.29, 0.717) is 11.7 Å². The van der Waals surface area contributed by atoms with Gasteiger partial charge in [-0.25, -0.2) is 4.98 Å². The summed E-state index contributed by atoms with van der Waals surface area (Å²) in [6, 6.07) is 7.77. The van der Waals surface area contributed by atoms with Crippen LogP contribution in [0.5, 0.6) is 5.75 Å². The van der Waals surface area contributed by atoms with E-state index in [-0.39, 0.29) is 12.5 Å². The number of aromatic nitrogens is 3. The average molecular weight is 416 g/mol. The number of methoxy groups -OCH3 is 1. The van der Waals surface area contributed by atoms with Crippen molar-refractivity contribution in [2.45, 2.75) is 34.2 Å². The third-order valence-electron chi connectivity index (χ3n) is 5.04. The highest BCUT2D eigenvalue weighted by Crippen LogP contribution is 2.31. The molecule has 0 atom stereocenters. The number of hydrogen-bond acceptors (Lipinski definition) is 6. The van der Waals surface area contributed by atoms with Crippen LogP contribution in [-0.4, -0.2) is 58.9 Å². The Balaban J connectivity index is 1.89. The van der Waals surface area contributed by atoms with E-state index in [2.05, 4.69) is 23.8 Å². The maximum Gasteiger partial charge on any atom is 0.250 e. The molecule has 29 heavy (non-hydrogen) atoms. The molecule has 2 heterocycles. The molecule has 0 aliphatic rings. The van der Waals surface area contributed by atoms with Gasteiger partial charge in [0.2, 0.25) is 0 Å². The van der Waals surface area contributed by atoms with Crippen LogP contribution in [0.2, 0.25) is 0 Å². The lowest BCUT2D eigenvalue weighted by Crippen LogP contribution is -2.40. The lowest BCUT2D eigenvalue weighted by molar-refractivity contribution is -0.119. The predicted octanol–water partition coefficient (Wildman–Crippen LogP) is 3.49. The van der Waals surface area contributed by atoms with Crippen molar-refractivity contribution in [2.24, 2.45) is 0 Å². The monoisotopic (exact) mass is 415 g/mol. The van der Waals surface area contributed by atoms with Crippen LogP contribution >= 0.6 is 11.3 Å². The van der Waals surface area contributed by atoms with Gasteiger partial charge < -0.3 is 9.64 Å². The topological polar surface area (TPSA) is 63.5 Å². The number of carbonyl (C=O) groups is 1. The van der Waals surface area contributed by atoms with Crippen molar-refractivity contribution in [3.63, 3.8) is 0 Å². The Bertz CT molecular complexity index is 977. The van der Waals surface area contributed by atoms with Crippen LogP contribution in [0, 0.1) is 13.8 Å². The summed E-state index contributed by atoms with van der Waals surface area (Å²) in [4.78, 5) is 22.1. The van der Waals surface area contributed by atoms with Gasteiger partial charge in [0.1, 0.15) is 12.3 Å². The number of hydrogen-bond donors (Lipinski definition) is 0. The normalized spacial score (nSPS) is 11.4. The summed E-state index contributed by atoms with van der Waals surface area (Å²) in [5.41, 5.74) is 2.77. The third-order valence-corrected chi connectivity index (χ3v) is 6.08. The maximum absolute atomic E-state index is 13.3. The summed E-state index contributed by atoms with van der Waals surface area (Å²) < 4.78 is 8.09. The smallest absolute Gasteiger partial charge is 0.250 e. The molecule has 7 nitrogen and oxygen atoms in total. The Labute approximate surface area is 175 Å². The molecular weight excluding hydrogens is 386 g/mol. The van der Waals surface area contributed by atoms with Crippen molar-refractivity contribution in [3.05, 3.63) is 35.7 Å². The molecule has 0 unspecified atom stereocenters. The fourth-order valence-electron chi connectivity index (χ4n) is 3.29. The molecule has 0 aliphatic heterocycles. The van der Waals surface area contributed by atoms with Gasteiger partial charge in [0.05, 0.1) is 23.0 Å². The minimum Gasteiger partial charge on any atom is -0.497 e. The third kappa shape index (κ3) is 4.94. The highest BCUT2D eigenvalue weighted by molar-refractivity contribution is 7.22. The predicted molar refractivity (Wildman–Crippen MR) is 118 cm³/mol. The second kappa shape index (κ2) is 9.37. The summed E-state index contributed by atoms with van der Waals surface area (Å²) >= 11 is 1.52. The first-order valence-corrected chi connectivity index (χ1v) is 10.7. The minimum absolute atomic E-state index is 0.00521. The van der Waals surface area contributed by atoms with Crippen molar-refractivity contribution < 1.29 is 9.53 Å². The summed E-state index contributed by atoms with van der Waals surface area (Å²) in [5.74, 6) is 0.783. The SMILES string of the molecule is CCN(CC)CCN(C(=O)Cn1nc(C)cc1C)c1nc2ccc(OC)cc2s1. The highest BCUT2D eigenvalue weighted by atomic mass is 32.1. The zero-order valence-electron chi connectivity index (χ0n) is 17.8. The standard InChI is InChI=1S/C21H29N5O2S/c1-6-24(7-2)10-11-25(20(27)14-26-16(4)12-15(3)23-26)21-22-18-9-8-17(28-5)13-19(18)29-21/h8-9,12-13H,6-7,10-11,14H2,1-5H3. The second-order valence-electron chi connectivity index (χ2n) is 6.99. The van der Waals surface area contributed by atoms with Crippen LogP contribution in [0.3, 0.4) is 0 Å². The van der Waals surface area contributed by atoms with Crippen molar-refractivity contribution in [2.75, 3.05) is 38.2 Å². The fraction of sp³-hybridized carbons (Fsp3) is 0.476. The number of rotatable bonds is 9. The molecule has 1 aromatic carbocycles. The van der Waals surface area contributed by atoms with Crippen molar-refractivity contribution in [1.82, 2.24) is 19.7 Å². The van der Waals surface area contributed by atoms with E-state index in [9.17, 15) is 4.79 Å². The molecule has 0 spiro atoms. The number of amides is 1. The van der Waals surface area contributed by atoms with Crippen LogP contribution in [-0.2, 0) is 11.3 Å². The molecule has 0 bridgehead atoms. The molecule has 3 rings (SSSR count). The molecule has 2 aromatic heterocycles. The van der Waals surface area contributed by atoms with Gasteiger partial charge in [-0.1, -0.05) is 25.2 Å². The zero-order valence-corrected chi connectivity index (χ0v) is 18.6. The van der Waals surface area contributed by atoms with Gasteiger partial charge in [0, 0.05) is 18.8 Å². The van der Waals surface area contributed by atoms with Crippen molar-refractivity contribution in [3.8, 4) is 5.75 Å². The van der Waals surface area contributed by atoms with Gasteiger partial charge in [-0.05, 0) is 51.2 Å². The van der Waals surface area contributed by atoms with Crippen molar-refractivity contribution in [1.29, 1.82) is 0 Å². The molecule has 0 saturated heterocycles. The molecule has 0 radical (unpaired) electrons. The molecule has 156 valence electrons. The van der Waals surface area contributed by atoms with Crippen LogP contribution in [0.4, 0.5) is 5.13 Å². The Morgan fingerprint density at radius 3 is 2.55 bits per heavy atom. The number of benzene rings is 1. The summed E-state index contributed by atoms with van der Waals surface area (Å²) in [7, 11) is 1.65. The number of nitrogens with zero attached hydrogens (tertiary/aromatic N) is 5. The van der Waals surface area contributed by atoms with Crippen LogP contribution < -0.4 is 9.64 Å². The van der Waals surface area contributed by atoms with E-state index in [0.717, 1.165) is 47.0 Å². The van der Waals surface area contributed by atoms with Gasteiger partial charge in [0.15, 0.2) is 5.13 Å². The molecule has 1 amide bonds. The largest absolute Gasteiger partial charge is 0.497 e. The van der Waals surface area contributed by atoms with E-state index < -0.39 is 0 Å². The van der Waals surface area contributed by atoms with E-state index in [1.165, 1.54) is 11.3 Å². The average Bonchev–Trinajstić information content (AvgIpc) is 3.26. The van der Waals surface area contributed by atoms with Crippen LogP contribution in [0.25, 0.3) is 10.2 Å². The highest BCUT2D eigenvalue weighted by Gasteiger charge is 2.22.